The number of amides is 1. The monoisotopic (exact) mass is 537 g/mol. The predicted molar refractivity (Wildman–Crippen MR) is 144 cm³/mol. The van der Waals surface area contributed by atoms with E-state index < -0.39 is 9.84 Å². The van der Waals surface area contributed by atoms with Gasteiger partial charge in [-0.1, -0.05) is 32.9 Å². The third-order valence-corrected chi connectivity index (χ3v) is 9.50. The van der Waals surface area contributed by atoms with E-state index in [4.69, 9.17) is 4.98 Å². The summed E-state index contributed by atoms with van der Waals surface area (Å²) >= 11 is 1.49. The number of fused-ring (bicyclic) bond motifs is 1. The van der Waals surface area contributed by atoms with Crippen LogP contribution in [0.3, 0.4) is 0 Å². The van der Waals surface area contributed by atoms with Crippen molar-refractivity contribution in [1.29, 1.82) is 5.26 Å². The Labute approximate surface area is 222 Å². The second kappa shape index (κ2) is 10.7. The lowest BCUT2D eigenvalue weighted by Gasteiger charge is -2.32. The zero-order valence-electron chi connectivity index (χ0n) is 21.6. The first-order chi connectivity index (χ1) is 17.5. The van der Waals surface area contributed by atoms with Crippen LogP contribution in [0, 0.1) is 24.2 Å². The summed E-state index contributed by atoms with van der Waals surface area (Å²) in [6.07, 6.45) is 1.77. The lowest BCUT2D eigenvalue weighted by atomic mass is 9.99. The highest BCUT2D eigenvalue weighted by Crippen LogP contribution is 2.46. The van der Waals surface area contributed by atoms with Crippen molar-refractivity contribution in [2.75, 3.05) is 11.1 Å². The Morgan fingerprint density at radius 2 is 1.97 bits per heavy atom. The molecule has 1 aromatic carbocycles. The number of anilines is 1. The van der Waals surface area contributed by atoms with Gasteiger partial charge in [-0.25, -0.2) is 13.4 Å². The van der Waals surface area contributed by atoms with E-state index in [0.717, 1.165) is 27.4 Å². The molecule has 194 valence electrons. The Morgan fingerprint density at radius 1 is 1.27 bits per heavy atom. The van der Waals surface area contributed by atoms with E-state index in [1.165, 1.54) is 11.3 Å². The molecule has 0 fully saturated rings. The van der Waals surface area contributed by atoms with Gasteiger partial charge in [-0.3, -0.25) is 14.7 Å². The van der Waals surface area contributed by atoms with Gasteiger partial charge < -0.3 is 5.32 Å². The van der Waals surface area contributed by atoms with Gasteiger partial charge in [0.05, 0.1) is 46.1 Å². The highest BCUT2D eigenvalue weighted by molar-refractivity contribution is 7.91. The fraction of sp³-hybridized carbons (Fsp3) is 0.407. The number of aryl methyl sites for hydroxylation is 1. The van der Waals surface area contributed by atoms with Crippen LogP contribution in [-0.2, 0) is 27.6 Å². The van der Waals surface area contributed by atoms with Crippen LogP contribution < -0.4 is 5.32 Å². The molecule has 0 aliphatic carbocycles. The van der Waals surface area contributed by atoms with Crippen molar-refractivity contribution < 1.29 is 13.2 Å². The summed E-state index contributed by atoms with van der Waals surface area (Å²) in [7, 11) is -3.27. The maximum atomic E-state index is 12.7. The Kier molecular flexibility index (Phi) is 7.78. The number of aromatic nitrogens is 2. The molecule has 4 rings (SSSR count). The quantitative estimate of drug-likeness (QED) is 0.431. The number of nitrogens with one attached hydrogen (secondary N) is 1. The van der Waals surface area contributed by atoms with Crippen molar-refractivity contribution >= 4 is 32.2 Å². The molecule has 0 radical (unpaired) electrons. The summed E-state index contributed by atoms with van der Waals surface area (Å²) < 4.78 is 24.0. The number of carbonyl (C=O) groups excluding carboxylic acids is 1. The molecular formula is C27H31N5O3S2. The molecule has 2 aromatic heterocycles. The average Bonchev–Trinajstić information content (AvgIpc) is 3.40. The maximum Gasteiger partial charge on any atom is 0.230 e. The fourth-order valence-electron chi connectivity index (χ4n) is 4.68. The van der Waals surface area contributed by atoms with Gasteiger partial charge >= 0.3 is 0 Å². The van der Waals surface area contributed by atoms with Crippen molar-refractivity contribution in [3.8, 4) is 6.07 Å². The van der Waals surface area contributed by atoms with E-state index in [-0.39, 0.29) is 35.1 Å². The van der Waals surface area contributed by atoms with Crippen molar-refractivity contribution in [2.24, 2.45) is 5.92 Å². The molecule has 3 heterocycles. The molecule has 10 heteroatoms. The molecule has 0 unspecified atom stereocenters. The third kappa shape index (κ3) is 5.59. The molecule has 3 aromatic rings. The number of thiazole rings is 1. The number of sulfone groups is 1. The molecular weight excluding hydrogens is 506 g/mol. The minimum atomic E-state index is -3.27. The van der Waals surface area contributed by atoms with E-state index in [2.05, 4.69) is 42.0 Å². The maximum absolute atomic E-state index is 12.7. The van der Waals surface area contributed by atoms with Gasteiger partial charge in [-0.2, -0.15) is 5.26 Å². The smallest absolute Gasteiger partial charge is 0.230 e. The Hall–Kier alpha value is -3.13. The second-order valence-corrected chi connectivity index (χ2v) is 13.0. The average molecular weight is 538 g/mol. The molecule has 1 N–H and O–H groups in total. The second-order valence-electron chi connectivity index (χ2n) is 9.67. The van der Waals surface area contributed by atoms with Crippen molar-refractivity contribution in [3.63, 3.8) is 0 Å². The van der Waals surface area contributed by atoms with Gasteiger partial charge in [0.15, 0.2) is 15.0 Å². The highest BCUT2D eigenvalue weighted by Gasteiger charge is 2.39. The van der Waals surface area contributed by atoms with E-state index in [0.29, 0.717) is 23.2 Å². The van der Waals surface area contributed by atoms with Crippen molar-refractivity contribution in [1.82, 2.24) is 14.9 Å². The summed E-state index contributed by atoms with van der Waals surface area (Å²) in [5, 5.41) is 12.7. The van der Waals surface area contributed by atoms with Crippen LogP contribution in [0.25, 0.3) is 0 Å². The first-order valence-corrected chi connectivity index (χ1v) is 14.7. The van der Waals surface area contributed by atoms with E-state index in [1.54, 1.807) is 37.4 Å². The molecule has 1 aliphatic rings. The molecule has 1 amide bonds. The minimum Gasteiger partial charge on any atom is -0.302 e. The fourth-order valence-corrected chi connectivity index (χ4v) is 6.59. The number of carbonyl (C=O) groups is 1. The van der Waals surface area contributed by atoms with Crippen LogP contribution in [0.15, 0.2) is 41.4 Å². The highest BCUT2D eigenvalue weighted by atomic mass is 32.2. The van der Waals surface area contributed by atoms with Gasteiger partial charge in [0.25, 0.3) is 0 Å². The van der Waals surface area contributed by atoms with Crippen molar-refractivity contribution in [2.45, 2.75) is 64.6 Å². The number of nitriles is 1. The summed E-state index contributed by atoms with van der Waals surface area (Å²) in [5.41, 5.74) is 4.15. The van der Waals surface area contributed by atoms with Crippen LogP contribution in [-0.4, -0.2) is 34.9 Å². The first kappa shape index (κ1) is 26.9. The normalized spacial score (nSPS) is 16.4. The summed E-state index contributed by atoms with van der Waals surface area (Å²) in [6.45, 7) is 10.7. The van der Waals surface area contributed by atoms with E-state index >= 15 is 0 Å². The van der Waals surface area contributed by atoms with Crippen LogP contribution in [0.4, 0.5) is 5.13 Å². The number of pyridine rings is 1. The molecule has 0 saturated carbocycles. The number of rotatable bonds is 8. The van der Waals surface area contributed by atoms with Crippen LogP contribution in [0.1, 0.15) is 72.7 Å². The Bertz CT molecular complexity index is 1460. The summed E-state index contributed by atoms with van der Waals surface area (Å²) in [4.78, 5) is 25.8. The Morgan fingerprint density at radius 3 is 2.57 bits per heavy atom. The molecule has 37 heavy (non-hydrogen) atoms. The SMILES string of the molecule is CCS(=O)(=O)c1ccc(CC(=O)Nc2nc3c(s2)CN([C@@H](C)c2cc(C)c(C#N)cn2)[C@H]3C(C)C)cc1. The van der Waals surface area contributed by atoms with Gasteiger partial charge in [0, 0.05) is 17.6 Å². The number of benzene rings is 1. The lowest BCUT2D eigenvalue weighted by Crippen LogP contribution is -2.30. The van der Waals surface area contributed by atoms with Crippen LogP contribution in [0.2, 0.25) is 0 Å². The third-order valence-electron chi connectivity index (χ3n) is 6.77. The Balaban J connectivity index is 1.46. The predicted octanol–water partition coefficient (Wildman–Crippen LogP) is 4.97. The molecule has 1 aliphatic heterocycles. The zero-order valence-corrected chi connectivity index (χ0v) is 23.3. The van der Waals surface area contributed by atoms with E-state index in [1.807, 2.05) is 13.0 Å². The molecule has 0 spiro atoms. The van der Waals surface area contributed by atoms with Gasteiger partial charge in [-0.05, 0) is 49.1 Å². The van der Waals surface area contributed by atoms with Crippen LogP contribution in [0.5, 0.6) is 0 Å². The topological polar surface area (TPSA) is 116 Å². The van der Waals surface area contributed by atoms with Crippen molar-refractivity contribution in [3.05, 3.63) is 69.5 Å². The van der Waals surface area contributed by atoms with Gasteiger partial charge in [0.1, 0.15) is 6.07 Å². The molecule has 0 bridgehead atoms. The minimum absolute atomic E-state index is 0.0396. The zero-order chi connectivity index (χ0) is 26.9. The molecule has 0 saturated heterocycles. The molecule has 8 nitrogen and oxygen atoms in total. The first-order valence-electron chi connectivity index (χ1n) is 12.3. The number of hydrogen-bond donors (Lipinski definition) is 1. The summed E-state index contributed by atoms with van der Waals surface area (Å²) in [6, 6.07) is 10.7. The van der Waals surface area contributed by atoms with Crippen LogP contribution >= 0.6 is 11.3 Å². The van der Waals surface area contributed by atoms with Gasteiger partial charge in [-0.15, -0.1) is 11.3 Å². The summed E-state index contributed by atoms with van der Waals surface area (Å²) in [5.74, 6) is 0.146. The van der Waals surface area contributed by atoms with Gasteiger partial charge in [0.2, 0.25) is 5.91 Å². The lowest BCUT2D eigenvalue weighted by molar-refractivity contribution is -0.115. The standard InChI is InChI=1S/C27H31N5O3S2/c1-6-37(34,35)21-9-7-19(8-10-21)12-24(33)30-27-31-25-23(36-27)15-32(26(25)16(2)3)18(5)22-11-17(4)20(13-28)14-29-22/h7-11,14,16,18,26H,6,12,15H2,1-5H3,(H,30,31,33)/t18-,26-/m0/s1. The molecule has 2 atom stereocenters. The van der Waals surface area contributed by atoms with E-state index in [9.17, 15) is 18.5 Å². The number of hydrogen-bond acceptors (Lipinski definition) is 8. The largest absolute Gasteiger partial charge is 0.302 e. The number of nitrogens with zero attached hydrogens (tertiary/aromatic N) is 4.